The summed E-state index contributed by atoms with van der Waals surface area (Å²) in [6.45, 7) is 11.3. The molecule has 112 valence electrons. The fourth-order valence-corrected chi connectivity index (χ4v) is 2.83. The van der Waals surface area contributed by atoms with Gasteiger partial charge in [0.05, 0.1) is 0 Å². The molecule has 1 aromatic rings. The Labute approximate surface area is 121 Å². The molecule has 0 atom stereocenters. The molecule has 2 N–H and O–H groups in total. The van der Waals surface area contributed by atoms with Gasteiger partial charge in [-0.1, -0.05) is 19.9 Å². The summed E-state index contributed by atoms with van der Waals surface area (Å²) in [5.74, 6) is 0.546. The Morgan fingerprint density at radius 2 is 1.75 bits per heavy atom. The molecule has 0 amide bonds. The number of rotatable bonds is 5. The Balaban J connectivity index is 1.91. The molecule has 0 unspecified atom stereocenters. The molecule has 1 aliphatic rings. The van der Waals surface area contributed by atoms with Gasteiger partial charge in [0.2, 0.25) is 0 Å². The topological polar surface area (TPSA) is 32.5 Å². The molecule has 0 aromatic heterocycles. The van der Waals surface area contributed by atoms with E-state index in [0.717, 1.165) is 43.9 Å². The van der Waals surface area contributed by atoms with Gasteiger partial charge in [-0.15, -0.1) is 0 Å². The van der Waals surface area contributed by atoms with Crippen molar-refractivity contribution in [1.82, 2.24) is 9.80 Å². The van der Waals surface area contributed by atoms with Gasteiger partial charge >= 0.3 is 0 Å². The van der Waals surface area contributed by atoms with Crippen LogP contribution in [0.25, 0.3) is 0 Å². The molecule has 0 spiro atoms. The molecule has 4 heteroatoms. The first-order chi connectivity index (χ1) is 9.58. The van der Waals surface area contributed by atoms with Gasteiger partial charge in [0.25, 0.3) is 0 Å². The maximum atomic E-state index is 13.4. The smallest absolute Gasteiger partial charge is 0.123 e. The quantitative estimate of drug-likeness (QED) is 0.895. The van der Waals surface area contributed by atoms with E-state index in [1.807, 2.05) is 0 Å². The van der Waals surface area contributed by atoms with Gasteiger partial charge in [0.15, 0.2) is 0 Å². The first-order valence-electron chi connectivity index (χ1n) is 7.50. The largest absolute Gasteiger partial charge is 0.326 e. The molecule has 20 heavy (non-hydrogen) atoms. The van der Waals surface area contributed by atoms with Crippen LogP contribution in [0.4, 0.5) is 4.39 Å². The molecule has 1 fully saturated rings. The molecular weight excluding hydrogens is 253 g/mol. The summed E-state index contributed by atoms with van der Waals surface area (Å²) < 4.78 is 13.4. The van der Waals surface area contributed by atoms with Crippen molar-refractivity contribution in [3.05, 3.63) is 35.1 Å². The normalized spacial score (nSPS) is 17.9. The summed E-state index contributed by atoms with van der Waals surface area (Å²) in [6.07, 6.45) is 0. The lowest BCUT2D eigenvalue weighted by Crippen LogP contribution is -2.47. The highest BCUT2D eigenvalue weighted by Crippen LogP contribution is 2.15. The molecule has 0 radical (unpaired) electrons. The molecule has 0 aliphatic carbocycles. The van der Waals surface area contributed by atoms with Crippen LogP contribution in [0.15, 0.2) is 18.2 Å². The van der Waals surface area contributed by atoms with Gasteiger partial charge in [-0.25, -0.2) is 4.39 Å². The maximum Gasteiger partial charge on any atom is 0.123 e. The van der Waals surface area contributed by atoms with Crippen molar-refractivity contribution in [1.29, 1.82) is 0 Å². The molecule has 1 saturated heterocycles. The first-order valence-corrected chi connectivity index (χ1v) is 7.50. The molecule has 1 aliphatic heterocycles. The van der Waals surface area contributed by atoms with Crippen LogP contribution in [0.3, 0.4) is 0 Å². The van der Waals surface area contributed by atoms with E-state index >= 15 is 0 Å². The lowest BCUT2D eigenvalue weighted by molar-refractivity contribution is 0.117. The molecule has 0 saturated carbocycles. The summed E-state index contributed by atoms with van der Waals surface area (Å²) in [4.78, 5) is 4.90. The lowest BCUT2D eigenvalue weighted by Gasteiger charge is -2.35. The molecule has 0 bridgehead atoms. The summed E-state index contributed by atoms with van der Waals surface area (Å²) in [6, 6.07) is 4.93. The Kier molecular flexibility index (Phi) is 5.52. The van der Waals surface area contributed by atoms with E-state index in [4.69, 9.17) is 5.73 Å². The number of nitrogens with zero attached hydrogens (tertiary/aromatic N) is 2. The third-order valence-electron chi connectivity index (χ3n) is 3.87. The van der Waals surface area contributed by atoms with Crippen LogP contribution in [0.2, 0.25) is 0 Å². The van der Waals surface area contributed by atoms with Crippen molar-refractivity contribution in [2.45, 2.75) is 26.9 Å². The average molecular weight is 279 g/mol. The zero-order chi connectivity index (χ0) is 14.5. The summed E-state index contributed by atoms with van der Waals surface area (Å²) in [7, 11) is 0. The second-order valence-corrected chi connectivity index (χ2v) is 6.09. The monoisotopic (exact) mass is 279 g/mol. The standard InChI is InChI=1S/C16H26FN3/c1-13(2)11-19-5-7-20(8-6-19)12-15-9-16(17)4-3-14(15)10-18/h3-4,9,13H,5-8,10-12,18H2,1-2H3. The van der Waals surface area contributed by atoms with Gasteiger partial charge in [-0.05, 0) is 29.2 Å². The highest BCUT2D eigenvalue weighted by Gasteiger charge is 2.18. The number of halogens is 1. The van der Waals surface area contributed by atoms with Crippen LogP contribution in [-0.4, -0.2) is 42.5 Å². The van der Waals surface area contributed by atoms with Crippen molar-refractivity contribution in [3.8, 4) is 0 Å². The molecule has 3 nitrogen and oxygen atoms in total. The Morgan fingerprint density at radius 1 is 1.10 bits per heavy atom. The Morgan fingerprint density at radius 3 is 2.35 bits per heavy atom. The second-order valence-electron chi connectivity index (χ2n) is 6.09. The molecule has 2 rings (SSSR count). The minimum atomic E-state index is -0.171. The van der Waals surface area contributed by atoms with E-state index < -0.39 is 0 Å². The van der Waals surface area contributed by atoms with Gasteiger partial charge < -0.3 is 10.6 Å². The van der Waals surface area contributed by atoms with Crippen molar-refractivity contribution in [2.24, 2.45) is 11.7 Å². The predicted octanol–water partition coefficient (Wildman–Crippen LogP) is 2.06. The minimum Gasteiger partial charge on any atom is -0.326 e. The summed E-state index contributed by atoms with van der Waals surface area (Å²) >= 11 is 0. The lowest BCUT2D eigenvalue weighted by atomic mass is 10.1. The minimum absolute atomic E-state index is 0.171. The molecule has 1 heterocycles. The maximum absolute atomic E-state index is 13.4. The van der Waals surface area contributed by atoms with Crippen LogP contribution in [0, 0.1) is 11.7 Å². The zero-order valence-corrected chi connectivity index (χ0v) is 12.6. The number of piperazine rings is 1. The first kappa shape index (κ1) is 15.4. The highest BCUT2D eigenvalue weighted by molar-refractivity contribution is 5.27. The SMILES string of the molecule is CC(C)CN1CCN(Cc2cc(F)ccc2CN)CC1. The van der Waals surface area contributed by atoms with E-state index in [9.17, 15) is 4.39 Å². The van der Waals surface area contributed by atoms with E-state index in [0.29, 0.717) is 12.5 Å². The molecular formula is C16H26FN3. The van der Waals surface area contributed by atoms with Gasteiger partial charge in [-0.2, -0.15) is 0 Å². The van der Waals surface area contributed by atoms with E-state index in [2.05, 4.69) is 23.6 Å². The highest BCUT2D eigenvalue weighted by atomic mass is 19.1. The predicted molar refractivity (Wildman–Crippen MR) is 80.8 cm³/mol. The van der Waals surface area contributed by atoms with Crippen LogP contribution in [0.1, 0.15) is 25.0 Å². The number of hydrogen-bond donors (Lipinski definition) is 1. The van der Waals surface area contributed by atoms with Crippen molar-refractivity contribution in [2.75, 3.05) is 32.7 Å². The van der Waals surface area contributed by atoms with Crippen molar-refractivity contribution >= 4 is 0 Å². The van der Waals surface area contributed by atoms with Gasteiger partial charge in [-0.3, -0.25) is 4.90 Å². The van der Waals surface area contributed by atoms with Gasteiger partial charge in [0.1, 0.15) is 5.82 Å². The fraction of sp³-hybridized carbons (Fsp3) is 0.625. The zero-order valence-electron chi connectivity index (χ0n) is 12.6. The summed E-state index contributed by atoms with van der Waals surface area (Å²) in [5.41, 5.74) is 7.82. The Hall–Kier alpha value is -0.970. The van der Waals surface area contributed by atoms with Crippen molar-refractivity contribution in [3.63, 3.8) is 0 Å². The molecule has 1 aromatic carbocycles. The summed E-state index contributed by atoms with van der Waals surface area (Å²) in [5, 5.41) is 0. The number of nitrogens with two attached hydrogens (primary N) is 1. The fourth-order valence-electron chi connectivity index (χ4n) is 2.83. The third-order valence-corrected chi connectivity index (χ3v) is 3.87. The third kappa shape index (κ3) is 4.27. The van der Waals surface area contributed by atoms with E-state index in [1.165, 1.54) is 12.6 Å². The number of hydrogen-bond acceptors (Lipinski definition) is 3. The second kappa shape index (κ2) is 7.16. The van der Waals surface area contributed by atoms with Crippen LogP contribution in [-0.2, 0) is 13.1 Å². The van der Waals surface area contributed by atoms with Crippen LogP contribution < -0.4 is 5.73 Å². The van der Waals surface area contributed by atoms with Crippen molar-refractivity contribution < 1.29 is 4.39 Å². The van der Waals surface area contributed by atoms with Crippen LogP contribution >= 0.6 is 0 Å². The van der Waals surface area contributed by atoms with E-state index in [-0.39, 0.29) is 5.82 Å². The number of benzene rings is 1. The average Bonchev–Trinajstić information content (AvgIpc) is 2.41. The van der Waals surface area contributed by atoms with Crippen LogP contribution in [0.5, 0.6) is 0 Å². The van der Waals surface area contributed by atoms with E-state index in [1.54, 1.807) is 12.1 Å². The van der Waals surface area contributed by atoms with Gasteiger partial charge in [0, 0.05) is 45.8 Å². The Bertz CT molecular complexity index is 426.